The van der Waals surface area contributed by atoms with Gasteiger partial charge in [0.15, 0.2) is 0 Å². The fraction of sp³-hybridized carbons (Fsp3) is 0.154. The Balaban J connectivity index is 1.80. The van der Waals surface area contributed by atoms with E-state index in [-0.39, 0.29) is 24.1 Å². The Morgan fingerprint density at radius 1 is 0.806 bits per heavy atom. The Morgan fingerprint density at radius 3 is 2.23 bits per heavy atom. The molecule has 1 aliphatic rings. The summed E-state index contributed by atoms with van der Waals surface area (Å²) in [7, 11) is 0. The summed E-state index contributed by atoms with van der Waals surface area (Å²) in [5.74, 6) is -0.652. The highest BCUT2D eigenvalue weighted by Crippen LogP contribution is 2.33. The molecule has 3 aromatic rings. The topological polar surface area (TPSA) is 49.4 Å². The molecule has 0 fully saturated rings. The number of hydrogen-bond acceptors (Lipinski definition) is 3. The number of rotatable bonds is 5. The van der Waals surface area contributed by atoms with Crippen LogP contribution >= 0.6 is 11.6 Å². The molecule has 5 heteroatoms. The first-order chi connectivity index (χ1) is 14.8. The molecule has 156 valence electrons. The van der Waals surface area contributed by atoms with Crippen LogP contribution < -0.4 is 5.32 Å². The van der Waals surface area contributed by atoms with Crippen LogP contribution in [0.15, 0.2) is 72.4 Å². The molecule has 4 nitrogen and oxygen atoms in total. The molecule has 0 bridgehead atoms. The predicted octanol–water partition coefficient (Wildman–Crippen LogP) is 5.66. The molecule has 0 radical (unpaired) electrons. The number of nitrogens with one attached hydrogen (secondary N) is 1. The second-order valence-electron chi connectivity index (χ2n) is 7.82. The van der Waals surface area contributed by atoms with Gasteiger partial charge in [0.2, 0.25) is 0 Å². The maximum absolute atomic E-state index is 13.5. The van der Waals surface area contributed by atoms with Gasteiger partial charge in [-0.1, -0.05) is 66.2 Å². The number of nitrogens with zero attached hydrogens (tertiary/aromatic N) is 1. The van der Waals surface area contributed by atoms with Crippen LogP contribution in [0.3, 0.4) is 0 Å². The first-order valence-corrected chi connectivity index (χ1v) is 10.5. The zero-order valence-corrected chi connectivity index (χ0v) is 18.5. The molecule has 1 heterocycles. The lowest BCUT2D eigenvalue weighted by atomic mass is 9.99. The number of carbonyl (C=O) groups is 2. The number of carbonyl (C=O) groups excluding carboxylic acids is 2. The van der Waals surface area contributed by atoms with Crippen molar-refractivity contribution in [3.63, 3.8) is 0 Å². The van der Waals surface area contributed by atoms with Gasteiger partial charge in [0.1, 0.15) is 5.70 Å². The highest BCUT2D eigenvalue weighted by Gasteiger charge is 2.39. The van der Waals surface area contributed by atoms with Crippen molar-refractivity contribution in [1.29, 1.82) is 0 Å². The summed E-state index contributed by atoms with van der Waals surface area (Å²) in [6, 6.07) is 20.8. The van der Waals surface area contributed by atoms with Gasteiger partial charge in [0.25, 0.3) is 11.8 Å². The predicted molar refractivity (Wildman–Crippen MR) is 125 cm³/mol. The van der Waals surface area contributed by atoms with Crippen LogP contribution in [0.25, 0.3) is 5.57 Å². The van der Waals surface area contributed by atoms with Gasteiger partial charge in [-0.15, -0.1) is 0 Å². The lowest BCUT2D eigenvalue weighted by Crippen LogP contribution is -2.32. The molecular weight excluding hydrogens is 408 g/mol. The monoisotopic (exact) mass is 430 g/mol. The molecule has 0 aliphatic carbocycles. The van der Waals surface area contributed by atoms with Gasteiger partial charge in [-0.3, -0.25) is 14.5 Å². The van der Waals surface area contributed by atoms with Gasteiger partial charge in [-0.05, 0) is 60.7 Å². The fourth-order valence-corrected chi connectivity index (χ4v) is 3.80. The van der Waals surface area contributed by atoms with E-state index in [9.17, 15) is 9.59 Å². The van der Waals surface area contributed by atoms with Gasteiger partial charge < -0.3 is 5.32 Å². The highest BCUT2D eigenvalue weighted by atomic mass is 35.5. The van der Waals surface area contributed by atoms with E-state index in [4.69, 9.17) is 11.6 Å². The number of imide groups is 1. The summed E-state index contributed by atoms with van der Waals surface area (Å²) >= 11 is 6.18. The van der Waals surface area contributed by atoms with Crippen LogP contribution in [-0.4, -0.2) is 16.7 Å². The van der Waals surface area contributed by atoms with Crippen LogP contribution in [0, 0.1) is 20.8 Å². The second-order valence-corrected chi connectivity index (χ2v) is 8.25. The smallest absolute Gasteiger partial charge is 0.278 e. The molecular formula is C26H23ClN2O2. The molecule has 1 N–H and O–H groups in total. The third-order valence-corrected chi connectivity index (χ3v) is 5.84. The van der Waals surface area contributed by atoms with E-state index in [1.54, 1.807) is 12.1 Å². The quantitative estimate of drug-likeness (QED) is 0.531. The Labute approximate surface area is 187 Å². The average Bonchev–Trinajstić information content (AvgIpc) is 2.98. The highest BCUT2D eigenvalue weighted by molar-refractivity contribution is 6.36. The van der Waals surface area contributed by atoms with Crippen LogP contribution in [0.5, 0.6) is 0 Å². The Bertz CT molecular complexity index is 1220. The molecule has 3 aromatic carbocycles. The normalized spacial score (nSPS) is 13.9. The van der Waals surface area contributed by atoms with Crippen molar-refractivity contribution in [3.8, 4) is 0 Å². The van der Waals surface area contributed by atoms with Crippen molar-refractivity contribution < 1.29 is 9.59 Å². The first kappa shape index (κ1) is 20.9. The van der Waals surface area contributed by atoms with E-state index in [2.05, 4.69) is 5.32 Å². The van der Waals surface area contributed by atoms with Crippen molar-refractivity contribution in [1.82, 2.24) is 4.90 Å². The summed E-state index contributed by atoms with van der Waals surface area (Å²) in [6.07, 6.45) is 0. The number of aryl methyl sites for hydroxylation is 3. The summed E-state index contributed by atoms with van der Waals surface area (Å²) in [6.45, 7) is 6.16. The van der Waals surface area contributed by atoms with Crippen LogP contribution in [0.4, 0.5) is 5.69 Å². The molecule has 4 rings (SSSR count). The maximum Gasteiger partial charge on any atom is 0.278 e. The second kappa shape index (κ2) is 8.40. The van der Waals surface area contributed by atoms with Gasteiger partial charge in [0, 0.05) is 10.7 Å². The van der Waals surface area contributed by atoms with Crippen molar-refractivity contribution in [2.24, 2.45) is 0 Å². The van der Waals surface area contributed by atoms with Crippen molar-refractivity contribution in [3.05, 3.63) is 105 Å². The largest absolute Gasteiger partial charge is 0.350 e. The number of hydrogen-bond donors (Lipinski definition) is 1. The van der Waals surface area contributed by atoms with E-state index in [1.165, 1.54) is 4.90 Å². The number of amides is 2. The van der Waals surface area contributed by atoms with Gasteiger partial charge in [-0.2, -0.15) is 0 Å². The minimum atomic E-state index is -0.346. The van der Waals surface area contributed by atoms with Gasteiger partial charge in [-0.25, -0.2) is 0 Å². The van der Waals surface area contributed by atoms with E-state index in [0.29, 0.717) is 16.3 Å². The molecule has 0 atom stereocenters. The van der Waals surface area contributed by atoms with Gasteiger partial charge in [0.05, 0.1) is 12.1 Å². The van der Waals surface area contributed by atoms with Crippen molar-refractivity contribution in [2.75, 3.05) is 5.32 Å². The Morgan fingerprint density at radius 2 is 1.52 bits per heavy atom. The minimum Gasteiger partial charge on any atom is -0.350 e. The summed E-state index contributed by atoms with van der Waals surface area (Å²) in [5, 5.41) is 3.77. The van der Waals surface area contributed by atoms with E-state index < -0.39 is 0 Å². The van der Waals surface area contributed by atoms with E-state index in [0.717, 1.165) is 27.8 Å². The third kappa shape index (κ3) is 4.12. The zero-order valence-electron chi connectivity index (χ0n) is 17.7. The van der Waals surface area contributed by atoms with Gasteiger partial charge >= 0.3 is 0 Å². The number of halogens is 1. The first-order valence-electron chi connectivity index (χ1n) is 10.1. The molecule has 0 saturated heterocycles. The third-order valence-electron chi connectivity index (χ3n) is 5.61. The lowest BCUT2D eigenvalue weighted by molar-refractivity contribution is -0.137. The van der Waals surface area contributed by atoms with E-state index in [1.807, 2.05) is 75.4 Å². The Hall–Kier alpha value is -3.37. The molecule has 0 saturated carbocycles. The van der Waals surface area contributed by atoms with Crippen molar-refractivity contribution in [2.45, 2.75) is 27.3 Å². The summed E-state index contributed by atoms with van der Waals surface area (Å²) in [4.78, 5) is 28.2. The molecule has 0 aromatic heterocycles. The van der Waals surface area contributed by atoms with E-state index >= 15 is 0 Å². The Kier molecular flexibility index (Phi) is 5.66. The van der Waals surface area contributed by atoms with Crippen LogP contribution in [-0.2, 0) is 16.1 Å². The maximum atomic E-state index is 13.5. The van der Waals surface area contributed by atoms with Crippen LogP contribution in [0.2, 0.25) is 5.02 Å². The summed E-state index contributed by atoms with van der Waals surface area (Å²) < 4.78 is 0. The molecule has 31 heavy (non-hydrogen) atoms. The number of anilines is 1. The molecule has 1 aliphatic heterocycles. The molecule has 0 unspecified atom stereocenters. The molecule has 2 amide bonds. The van der Waals surface area contributed by atoms with Crippen LogP contribution in [0.1, 0.15) is 27.8 Å². The minimum absolute atomic E-state index is 0.215. The zero-order chi connectivity index (χ0) is 22.1. The van der Waals surface area contributed by atoms with Crippen molar-refractivity contribution >= 4 is 34.7 Å². The number of benzene rings is 3. The summed E-state index contributed by atoms with van der Waals surface area (Å²) in [5.41, 5.74) is 6.08. The SMILES string of the molecule is Cc1ccc(C2=C(Nc3cc(Cl)ccc3C)C(=O)N(Cc3ccccc3)C2=O)cc1C. The average molecular weight is 431 g/mol. The molecule has 0 spiro atoms. The standard InChI is InChI=1S/C26H23ClN2O2/c1-16-9-11-20(13-18(16)3)23-24(28-22-14-21(27)12-10-17(22)2)26(31)29(25(23)30)15-19-7-5-4-6-8-19/h4-14,28H,15H2,1-3H3. The fourth-order valence-electron chi connectivity index (χ4n) is 3.63. The lowest BCUT2D eigenvalue weighted by Gasteiger charge is -2.16.